The maximum atomic E-state index is 13.7. The van der Waals surface area contributed by atoms with E-state index >= 15 is 0 Å². The Morgan fingerprint density at radius 1 is 1.24 bits per heavy atom. The largest absolute Gasteiger partial charge is 0.478 e. The average molecular weight is 339 g/mol. The normalized spacial score (nSPS) is 17.2. The van der Waals surface area contributed by atoms with Crippen LogP contribution >= 0.6 is 0 Å². The molecule has 0 aliphatic carbocycles. The molecule has 126 valence electrons. The standard InChI is InChI=1S/C18H14FN3O3/c1-11-13(17(23)22(21-11)12-6-3-2-4-7-12)10-20-15-9-5-8-14(19)16(15)18(24)25/h2-10,13H,1H3,(H,24,25). The lowest BCUT2D eigenvalue weighted by Gasteiger charge is -2.12. The molecule has 1 N–H and O–H groups in total. The van der Waals surface area contributed by atoms with Gasteiger partial charge >= 0.3 is 5.97 Å². The topological polar surface area (TPSA) is 82.3 Å². The van der Waals surface area contributed by atoms with Gasteiger partial charge in [-0.2, -0.15) is 10.1 Å². The number of rotatable bonds is 4. The minimum atomic E-state index is -1.42. The van der Waals surface area contributed by atoms with Crippen LogP contribution in [-0.4, -0.2) is 28.9 Å². The summed E-state index contributed by atoms with van der Waals surface area (Å²) in [5.41, 5.74) is 0.565. The van der Waals surface area contributed by atoms with Crippen molar-refractivity contribution >= 4 is 35.2 Å². The van der Waals surface area contributed by atoms with Gasteiger partial charge in [0.25, 0.3) is 5.91 Å². The molecule has 25 heavy (non-hydrogen) atoms. The molecule has 1 aliphatic rings. The van der Waals surface area contributed by atoms with Gasteiger partial charge in [-0.1, -0.05) is 24.3 Å². The molecule has 3 rings (SSSR count). The molecule has 0 bridgehead atoms. The molecule has 1 amide bonds. The first kappa shape index (κ1) is 16.5. The Morgan fingerprint density at radius 3 is 2.64 bits per heavy atom. The van der Waals surface area contributed by atoms with E-state index in [9.17, 15) is 14.0 Å². The molecule has 1 heterocycles. The Morgan fingerprint density at radius 2 is 1.96 bits per heavy atom. The highest BCUT2D eigenvalue weighted by Gasteiger charge is 2.33. The van der Waals surface area contributed by atoms with Gasteiger partial charge in [0, 0.05) is 6.21 Å². The van der Waals surface area contributed by atoms with Crippen LogP contribution in [-0.2, 0) is 4.79 Å². The molecule has 1 aliphatic heterocycles. The summed E-state index contributed by atoms with van der Waals surface area (Å²) in [4.78, 5) is 27.8. The van der Waals surface area contributed by atoms with Crippen molar-refractivity contribution in [3.63, 3.8) is 0 Å². The Balaban J connectivity index is 1.89. The van der Waals surface area contributed by atoms with Gasteiger partial charge < -0.3 is 5.11 Å². The van der Waals surface area contributed by atoms with Crippen molar-refractivity contribution < 1.29 is 19.1 Å². The molecule has 0 spiro atoms. The van der Waals surface area contributed by atoms with Crippen LogP contribution in [0.5, 0.6) is 0 Å². The van der Waals surface area contributed by atoms with Gasteiger partial charge in [-0.3, -0.25) is 9.79 Å². The lowest BCUT2D eigenvalue weighted by molar-refractivity contribution is -0.118. The minimum absolute atomic E-state index is 0.0498. The van der Waals surface area contributed by atoms with E-state index in [1.165, 1.54) is 23.4 Å². The summed E-state index contributed by atoms with van der Waals surface area (Å²) in [7, 11) is 0. The van der Waals surface area contributed by atoms with Gasteiger partial charge in [-0.15, -0.1) is 0 Å². The summed E-state index contributed by atoms with van der Waals surface area (Å²) in [6.07, 6.45) is 1.30. The number of carboxylic acid groups (broad SMARTS) is 1. The molecule has 0 radical (unpaired) electrons. The van der Waals surface area contributed by atoms with Gasteiger partial charge in [0.2, 0.25) is 0 Å². The summed E-state index contributed by atoms with van der Waals surface area (Å²) < 4.78 is 13.7. The number of benzene rings is 2. The first-order valence-electron chi connectivity index (χ1n) is 7.49. The van der Waals surface area contributed by atoms with Crippen LogP contribution in [0.3, 0.4) is 0 Å². The van der Waals surface area contributed by atoms with E-state index in [-0.39, 0.29) is 11.6 Å². The van der Waals surface area contributed by atoms with E-state index < -0.39 is 23.3 Å². The van der Waals surface area contributed by atoms with Crippen LogP contribution in [0.4, 0.5) is 15.8 Å². The zero-order valence-electron chi connectivity index (χ0n) is 13.3. The second-order valence-corrected chi connectivity index (χ2v) is 5.42. The quantitative estimate of drug-likeness (QED) is 0.868. The molecule has 2 aromatic carbocycles. The predicted molar refractivity (Wildman–Crippen MR) is 92.0 cm³/mol. The van der Waals surface area contributed by atoms with Gasteiger partial charge in [0.1, 0.15) is 17.3 Å². The van der Waals surface area contributed by atoms with Crippen molar-refractivity contribution in [3.8, 4) is 0 Å². The number of carboxylic acids is 1. The number of hydrogen-bond acceptors (Lipinski definition) is 4. The Bertz CT molecular complexity index is 894. The molecule has 7 heteroatoms. The molecule has 0 saturated heterocycles. The average Bonchev–Trinajstić information content (AvgIpc) is 2.87. The van der Waals surface area contributed by atoms with E-state index in [1.54, 1.807) is 31.2 Å². The molecule has 0 aromatic heterocycles. The SMILES string of the molecule is CC1=NN(c2ccccc2)C(=O)C1C=Nc1cccc(F)c1C(=O)O. The van der Waals surface area contributed by atoms with Gasteiger partial charge in [-0.25, -0.2) is 9.18 Å². The van der Waals surface area contributed by atoms with E-state index in [1.807, 2.05) is 6.07 Å². The predicted octanol–water partition coefficient (Wildman–Crippen LogP) is 3.27. The van der Waals surface area contributed by atoms with Gasteiger partial charge in [-0.05, 0) is 31.2 Å². The summed E-state index contributed by atoms with van der Waals surface area (Å²) in [5, 5.41) is 14.6. The number of nitrogens with zero attached hydrogens (tertiary/aromatic N) is 3. The van der Waals surface area contributed by atoms with Gasteiger partial charge in [0.15, 0.2) is 0 Å². The maximum absolute atomic E-state index is 13.7. The third-order valence-corrected chi connectivity index (χ3v) is 3.75. The molecular formula is C18H14FN3O3. The smallest absolute Gasteiger partial charge is 0.340 e. The second kappa shape index (κ2) is 6.64. The van der Waals surface area contributed by atoms with Crippen LogP contribution < -0.4 is 5.01 Å². The third-order valence-electron chi connectivity index (χ3n) is 3.75. The summed E-state index contributed by atoms with van der Waals surface area (Å²) >= 11 is 0. The molecule has 0 fully saturated rings. The molecule has 6 nitrogen and oxygen atoms in total. The van der Waals surface area contributed by atoms with E-state index in [0.717, 1.165) is 6.07 Å². The highest BCUT2D eigenvalue weighted by molar-refractivity contribution is 6.23. The molecule has 1 atom stereocenters. The number of hydrogen-bond donors (Lipinski definition) is 1. The van der Waals surface area contributed by atoms with Crippen molar-refractivity contribution in [2.24, 2.45) is 16.0 Å². The highest BCUT2D eigenvalue weighted by Crippen LogP contribution is 2.25. The number of carbonyl (C=O) groups excluding carboxylic acids is 1. The number of para-hydroxylation sites is 1. The van der Waals surface area contributed by atoms with Crippen molar-refractivity contribution in [1.82, 2.24) is 0 Å². The van der Waals surface area contributed by atoms with Crippen LogP contribution in [0.25, 0.3) is 0 Å². The number of carbonyl (C=O) groups is 2. The minimum Gasteiger partial charge on any atom is -0.478 e. The van der Waals surface area contributed by atoms with Gasteiger partial charge in [0.05, 0.1) is 17.1 Å². The fourth-order valence-electron chi connectivity index (χ4n) is 2.49. The number of hydrazone groups is 1. The van der Waals surface area contributed by atoms with Crippen molar-refractivity contribution in [2.45, 2.75) is 6.92 Å². The van der Waals surface area contributed by atoms with E-state index in [2.05, 4.69) is 10.1 Å². The van der Waals surface area contributed by atoms with Crippen molar-refractivity contribution in [3.05, 3.63) is 59.9 Å². The van der Waals surface area contributed by atoms with Crippen LogP contribution in [0.15, 0.2) is 58.6 Å². The second-order valence-electron chi connectivity index (χ2n) is 5.42. The monoisotopic (exact) mass is 339 g/mol. The lowest BCUT2D eigenvalue weighted by Crippen LogP contribution is -2.27. The Kier molecular flexibility index (Phi) is 4.38. The summed E-state index contributed by atoms with van der Waals surface area (Å²) in [6.45, 7) is 1.68. The number of halogens is 1. The Labute approximate surface area is 142 Å². The summed E-state index contributed by atoms with van der Waals surface area (Å²) in [6, 6.07) is 12.7. The molecule has 2 aromatic rings. The first-order chi connectivity index (χ1) is 12.0. The number of aromatic carboxylic acids is 1. The fourth-order valence-corrected chi connectivity index (χ4v) is 2.49. The van der Waals surface area contributed by atoms with E-state index in [0.29, 0.717) is 11.4 Å². The lowest BCUT2D eigenvalue weighted by atomic mass is 10.1. The fraction of sp³-hybridized carbons (Fsp3) is 0.111. The zero-order chi connectivity index (χ0) is 18.0. The maximum Gasteiger partial charge on any atom is 0.340 e. The third kappa shape index (κ3) is 3.16. The molecule has 1 unspecified atom stereocenters. The van der Waals surface area contributed by atoms with Crippen molar-refractivity contribution in [1.29, 1.82) is 0 Å². The van der Waals surface area contributed by atoms with E-state index in [4.69, 9.17) is 5.11 Å². The number of amides is 1. The van der Waals surface area contributed by atoms with Crippen LogP contribution in [0.2, 0.25) is 0 Å². The van der Waals surface area contributed by atoms with Crippen LogP contribution in [0, 0.1) is 11.7 Å². The Hall–Kier alpha value is -3.35. The van der Waals surface area contributed by atoms with Crippen molar-refractivity contribution in [2.75, 3.05) is 5.01 Å². The van der Waals surface area contributed by atoms with Crippen LogP contribution in [0.1, 0.15) is 17.3 Å². The number of anilines is 1. The highest BCUT2D eigenvalue weighted by atomic mass is 19.1. The first-order valence-corrected chi connectivity index (χ1v) is 7.49. The summed E-state index contributed by atoms with van der Waals surface area (Å²) in [5.74, 6) is -3.33. The zero-order valence-corrected chi connectivity index (χ0v) is 13.3. The number of aliphatic imine (C=N–C) groups is 1. The molecule has 0 saturated carbocycles. The molecular weight excluding hydrogens is 325 g/mol.